The molecule has 2 rings (SSSR count). The molecule has 0 aliphatic heterocycles. The number of nitrogens with zero attached hydrogens (tertiary/aromatic N) is 1. The summed E-state index contributed by atoms with van der Waals surface area (Å²) < 4.78 is 0. The van der Waals surface area contributed by atoms with Gasteiger partial charge in [0.1, 0.15) is 0 Å². The second-order valence-electron chi connectivity index (χ2n) is 4.47. The third kappa shape index (κ3) is 3.32. The van der Waals surface area contributed by atoms with E-state index in [1.54, 1.807) is 0 Å². The van der Waals surface area contributed by atoms with E-state index >= 15 is 0 Å². The van der Waals surface area contributed by atoms with E-state index < -0.39 is 4.92 Å². The lowest BCUT2D eigenvalue weighted by Crippen LogP contribution is -2.11. The summed E-state index contributed by atoms with van der Waals surface area (Å²) in [7, 11) is 0. The molecule has 0 unspecified atom stereocenters. The molecule has 18 heavy (non-hydrogen) atoms. The zero-order valence-corrected chi connectivity index (χ0v) is 10.8. The highest BCUT2D eigenvalue weighted by Gasteiger charge is 2.19. The Labute approximate surface area is 110 Å². The molecule has 4 nitrogen and oxygen atoms in total. The van der Waals surface area contributed by atoms with Crippen LogP contribution in [-0.4, -0.2) is 15.3 Å². The molecule has 1 fully saturated rings. The second kappa shape index (κ2) is 6.00. The first-order chi connectivity index (χ1) is 8.66. The van der Waals surface area contributed by atoms with Gasteiger partial charge in [-0.15, -0.1) is 0 Å². The van der Waals surface area contributed by atoms with Crippen LogP contribution in [0.25, 0.3) is 0 Å². The molecule has 0 aromatic heterocycles. The Bertz CT molecular complexity index is 438. The highest BCUT2D eigenvalue weighted by molar-refractivity contribution is 8.14. The first-order valence-electron chi connectivity index (χ1n) is 6.12. The summed E-state index contributed by atoms with van der Waals surface area (Å²) in [6.07, 6.45) is 5.87. The van der Waals surface area contributed by atoms with Gasteiger partial charge in [-0.25, -0.2) is 0 Å². The molecule has 0 atom stereocenters. The monoisotopic (exact) mass is 265 g/mol. The lowest BCUT2D eigenvalue weighted by molar-refractivity contribution is -0.384. The molecule has 0 radical (unpaired) electrons. The molecule has 0 heterocycles. The molecule has 96 valence electrons. The number of thioether (sulfide) groups is 1. The Kier molecular flexibility index (Phi) is 4.36. The first kappa shape index (κ1) is 13.1. The molecule has 1 aliphatic rings. The standard InChI is InChI=1S/C13H15NO3S/c15-13(18-12-4-2-1-3-5-12)10-6-8-11(9-7-10)14(16)17/h6-9,12H,1-5H2. The average molecular weight is 265 g/mol. The molecule has 1 aliphatic carbocycles. The summed E-state index contributed by atoms with van der Waals surface area (Å²) >= 11 is 1.38. The van der Waals surface area contributed by atoms with Crippen LogP contribution in [0.4, 0.5) is 5.69 Å². The maximum absolute atomic E-state index is 12.0. The minimum Gasteiger partial charge on any atom is -0.282 e. The van der Waals surface area contributed by atoms with Crippen LogP contribution < -0.4 is 0 Å². The maximum atomic E-state index is 12.0. The Morgan fingerprint density at radius 3 is 2.33 bits per heavy atom. The fourth-order valence-corrected chi connectivity index (χ4v) is 3.27. The first-order valence-corrected chi connectivity index (χ1v) is 7.00. The van der Waals surface area contributed by atoms with Crippen molar-refractivity contribution in [2.24, 2.45) is 0 Å². The van der Waals surface area contributed by atoms with Crippen LogP contribution in [0.5, 0.6) is 0 Å². The van der Waals surface area contributed by atoms with Crippen LogP contribution in [-0.2, 0) is 0 Å². The number of carbonyl (C=O) groups is 1. The highest BCUT2D eigenvalue weighted by atomic mass is 32.2. The zero-order chi connectivity index (χ0) is 13.0. The third-order valence-corrected chi connectivity index (χ3v) is 4.39. The fraction of sp³-hybridized carbons (Fsp3) is 0.462. The van der Waals surface area contributed by atoms with Crippen LogP contribution in [0.3, 0.4) is 0 Å². The largest absolute Gasteiger partial charge is 0.282 e. The second-order valence-corrected chi connectivity index (χ2v) is 5.74. The van der Waals surface area contributed by atoms with Gasteiger partial charge >= 0.3 is 0 Å². The number of nitro benzene ring substituents is 1. The lowest BCUT2D eigenvalue weighted by Gasteiger charge is -2.19. The smallest absolute Gasteiger partial charge is 0.269 e. The number of nitro groups is 1. The van der Waals surface area contributed by atoms with E-state index in [2.05, 4.69) is 0 Å². The summed E-state index contributed by atoms with van der Waals surface area (Å²) in [6.45, 7) is 0. The van der Waals surface area contributed by atoms with Crippen molar-refractivity contribution in [1.29, 1.82) is 0 Å². The average Bonchev–Trinajstić information content (AvgIpc) is 2.40. The number of hydrogen-bond donors (Lipinski definition) is 0. The van der Waals surface area contributed by atoms with Crippen LogP contribution >= 0.6 is 11.8 Å². The number of carbonyl (C=O) groups excluding carboxylic acids is 1. The van der Waals surface area contributed by atoms with Gasteiger partial charge in [-0.3, -0.25) is 14.9 Å². The normalized spacial score (nSPS) is 16.4. The van der Waals surface area contributed by atoms with Crippen molar-refractivity contribution in [3.05, 3.63) is 39.9 Å². The molecule has 0 saturated heterocycles. The molecular formula is C13H15NO3S. The van der Waals surface area contributed by atoms with E-state index in [0.717, 1.165) is 12.8 Å². The van der Waals surface area contributed by atoms with Gasteiger partial charge in [0.2, 0.25) is 5.12 Å². The van der Waals surface area contributed by atoms with Crippen molar-refractivity contribution in [3.63, 3.8) is 0 Å². The lowest BCUT2D eigenvalue weighted by atomic mass is 10.0. The van der Waals surface area contributed by atoms with E-state index in [9.17, 15) is 14.9 Å². The highest BCUT2D eigenvalue weighted by Crippen LogP contribution is 2.30. The Morgan fingerprint density at radius 2 is 1.78 bits per heavy atom. The van der Waals surface area contributed by atoms with Crippen LogP contribution in [0.15, 0.2) is 24.3 Å². The number of non-ortho nitro benzene ring substituents is 1. The maximum Gasteiger partial charge on any atom is 0.269 e. The van der Waals surface area contributed by atoms with Gasteiger partial charge in [0.05, 0.1) is 4.92 Å². The van der Waals surface area contributed by atoms with Crippen molar-refractivity contribution in [2.75, 3.05) is 0 Å². The summed E-state index contributed by atoms with van der Waals surface area (Å²) in [5.74, 6) is 0. The van der Waals surface area contributed by atoms with Gasteiger partial charge in [-0.05, 0) is 25.0 Å². The Hall–Kier alpha value is -1.36. The predicted molar refractivity (Wildman–Crippen MR) is 71.9 cm³/mol. The quantitative estimate of drug-likeness (QED) is 0.616. The Balaban J connectivity index is 1.97. The van der Waals surface area contributed by atoms with Crippen molar-refractivity contribution >= 4 is 22.6 Å². The van der Waals surface area contributed by atoms with Crippen LogP contribution in [0.2, 0.25) is 0 Å². The molecule has 1 saturated carbocycles. The van der Waals surface area contributed by atoms with Gasteiger partial charge in [0, 0.05) is 22.9 Å². The summed E-state index contributed by atoms with van der Waals surface area (Å²) in [5.41, 5.74) is 0.574. The molecule has 0 bridgehead atoms. The molecule has 0 spiro atoms. The summed E-state index contributed by atoms with van der Waals surface area (Å²) in [4.78, 5) is 22.0. The van der Waals surface area contributed by atoms with Crippen molar-refractivity contribution in [3.8, 4) is 0 Å². The van der Waals surface area contributed by atoms with Crippen LogP contribution in [0.1, 0.15) is 42.5 Å². The number of rotatable bonds is 3. The number of benzene rings is 1. The molecule has 0 amide bonds. The van der Waals surface area contributed by atoms with Gasteiger partial charge < -0.3 is 0 Å². The molecule has 1 aromatic rings. The van der Waals surface area contributed by atoms with Crippen molar-refractivity contribution < 1.29 is 9.72 Å². The summed E-state index contributed by atoms with van der Waals surface area (Å²) in [5, 5.41) is 11.0. The SMILES string of the molecule is O=C(SC1CCCCC1)c1ccc([N+](=O)[O-])cc1. The topological polar surface area (TPSA) is 60.2 Å². The molecule has 1 aromatic carbocycles. The zero-order valence-electron chi connectivity index (χ0n) is 10.0. The van der Waals surface area contributed by atoms with Gasteiger partial charge in [0.25, 0.3) is 5.69 Å². The van der Waals surface area contributed by atoms with E-state index in [0.29, 0.717) is 10.8 Å². The third-order valence-electron chi connectivity index (χ3n) is 3.14. The van der Waals surface area contributed by atoms with E-state index in [1.165, 1.54) is 55.3 Å². The minimum absolute atomic E-state index is 0.0224. The van der Waals surface area contributed by atoms with Gasteiger partial charge in [-0.2, -0.15) is 0 Å². The fourth-order valence-electron chi connectivity index (χ4n) is 2.12. The molecule has 0 N–H and O–H groups in total. The van der Waals surface area contributed by atoms with Gasteiger partial charge in [0.15, 0.2) is 0 Å². The molecule has 5 heteroatoms. The number of hydrogen-bond acceptors (Lipinski definition) is 4. The molecular weight excluding hydrogens is 250 g/mol. The van der Waals surface area contributed by atoms with E-state index in [-0.39, 0.29) is 10.8 Å². The van der Waals surface area contributed by atoms with E-state index in [1.807, 2.05) is 0 Å². The van der Waals surface area contributed by atoms with Crippen LogP contribution in [0, 0.1) is 10.1 Å². The van der Waals surface area contributed by atoms with E-state index in [4.69, 9.17) is 0 Å². The minimum atomic E-state index is -0.456. The summed E-state index contributed by atoms with van der Waals surface area (Å²) in [6, 6.07) is 5.84. The predicted octanol–water partition coefficient (Wildman–Crippen LogP) is 3.80. The van der Waals surface area contributed by atoms with Crippen molar-refractivity contribution in [2.45, 2.75) is 37.4 Å². The Morgan fingerprint density at radius 1 is 1.17 bits per heavy atom. The van der Waals surface area contributed by atoms with Crippen molar-refractivity contribution in [1.82, 2.24) is 0 Å². The van der Waals surface area contributed by atoms with Gasteiger partial charge in [-0.1, -0.05) is 31.0 Å².